The summed E-state index contributed by atoms with van der Waals surface area (Å²) in [7, 11) is 0. The van der Waals surface area contributed by atoms with Crippen LogP contribution < -0.4 is 10.5 Å². The van der Waals surface area contributed by atoms with E-state index in [-0.39, 0.29) is 0 Å². The van der Waals surface area contributed by atoms with Crippen LogP contribution in [0.2, 0.25) is 0 Å². The van der Waals surface area contributed by atoms with Gasteiger partial charge < -0.3 is 10.5 Å². The molecule has 1 saturated carbocycles. The molecule has 0 bridgehead atoms. The molecule has 0 radical (unpaired) electrons. The molecule has 2 rings (SSSR count). The lowest BCUT2D eigenvalue weighted by molar-refractivity contribution is -0.137. The molecule has 2 N–H and O–H groups in total. The Morgan fingerprint density at radius 3 is 2.43 bits per heavy atom. The lowest BCUT2D eigenvalue weighted by Crippen LogP contribution is -2.30. The summed E-state index contributed by atoms with van der Waals surface area (Å²) in [6.45, 7) is 1.15. The van der Waals surface area contributed by atoms with Crippen LogP contribution in [0.3, 0.4) is 0 Å². The van der Waals surface area contributed by atoms with Crippen LogP contribution >= 0.6 is 15.9 Å². The fourth-order valence-corrected chi connectivity index (χ4v) is 3.30. The van der Waals surface area contributed by atoms with Crippen molar-refractivity contribution < 1.29 is 17.9 Å². The van der Waals surface area contributed by atoms with E-state index in [1.54, 1.807) is 0 Å². The lowest BCUT2D eigenvalue weighted by atomic mass is 9.80. The third kappa shape index (κ3) is 4.36. The van der Waals surface area contributed by atoms with E-state index in [1.807, 2.05) is 0 Å². The van der Waals surface area contributed by atoms with Crippen molar-refractivity contribution in [1.82, 2.24) is 0 Å². The van der Waals surface area contributed by atoms with Gasteiger partial charge in [-0.1, -0.05) is 12.8 Å². The minimum absolute atomic E-state index is 0.331. The summed E-state index contributed by atoms with van der Waals surface area (Å²) in [5.74, 6) is 1.29. The first-order valence-electron chi connectivity index (χ1n) is 7.11. The number of halogens is 4. The van der Waals surface area contributed by atoms with Gasteiger partial charge in [-0.3, -0.25) is 0 Å². The maximum absolute atomic E-state index is 12.6. The molecular formula is C15H19BrF3NO. The molecule has 0 spiro atoms. The molecule has 0 aliphatic heterocycles. The molecule has 1 fully saturated rings. The second-order valence-electron chi connectivity index (χ2n) is 5.49. The number of hydrogen-bond donors (Lipinski definition) is 1. The minimum atomic E-state index is -4.34. The fourth-order valence-electron chi connectivity index (χ4n) is 2.81. The minimum Gasteiger partial charge on any atom is -0.492 e. The molecule has 2 unspecified atom stereocenters. The highest BCUT2D eigenvalue weighted by atomic mass is 79.9. The summed E-state index contributed by atoms with van der Waals surface area (Å²) in [4.78, 5) is 0. The summed E-state index contributed by atoms with van der Waals surface area (Å²) < 4.78 is 43.8. The highest BCUT2D eigenvalue weighted by molar-refractivity contribution is 9.10. The monoisotopic (exact) mass is 365 g/mol. The number of rotatable bonds is 4. The summed E-state index contributed by atoms with van der Waals surface area (Å²) in [6, 6.07) is 3.46. The Morgan fingerprint density at radius 1 is 1.19 bits per heavy atom. The topological polar surface area (TPSA) is 35.2 Å². The van der Waals surface area contributed by atoms with Crippen molar-refractivity contribution >= 4 is 15.9 Å². The Kier molecular flexibility index (Phi) is 5.54. The van der Waals surface area contributed by atoms with Crippen LogP contribution in [0.4, 0.5) is 13.2 Å². The SMILES string of the molecule is NCC1CCCCC1COc1ccc(C(F)(F)F)cc1Br. The van der Waals surface area contributed by atoms with E-state index >= 15 is 0 Å². The number of benzene rings is 1. The third-order valence-corrected chi connectivity index (χ3v) is 4.70. The standard InChI is InChI=1S/C15H19BrF3NO/c16-13-7-12(15(17,18)19)5-6-14(13)21-9-11-4-2-1-3-10(11)8-20/h5-7,10-11H,1-4,8-9,20H2. The second kappa shape index (κ2) is 7.01. The van der Waals surface area contributed by atoms with E-state index in [0.717, 1.165) is 25.0 Å². The zero-order valence-corrected chi connectivity index (χ0v) is 13.2. The zero-order valence-electron chi connectivity index (χ0n) is 11.6. The van der Waals surface area contributed by atoms with Gasteiger partial charge >= 0.3 is 6.18 Å². The van der Waals surface area contributed by atoms with Gasteiger partial charge in [-0.25, -0.2) is 0 Å². The molecule has 1 aliphatic rings. The number of alkyl halides is 3. The summed E-state index contributed by atoms with van der Waals surface area (Å²) in [5.41, 5.74) is 5.09. The quantitative estimate of drug-likeness (QED) is 0.845. The van der Waals surface area contributed by atoms with Crippen LogP contribution in [0.15, 0.2) is 22.7 Å². The van der Waals surface area contributed by atoms with Crippen molar-refractivity contribution in [2.45, 2.75) is 31.9 Å². The zero-order chi connectivity index (χ0) is 15.5. The molecule has 118 valence electrons. The van der Waals surface area contributed by atoms with E-state index in [9.17, 15) is 13.2 Å². The van der Waals surface area contributed by atoms with Gasteiger partial charge in [-0.05, 0) is 65.4 Å². The van der Waals surface area contributed by atoms with Gasteiger partial charge in [0.25, 0.3) is 0 Å². The Labute approximate surface area is 131 Å². The average Bonchev–Trinajstić information content (AvgIpc) is 2.45. The highest BCUT2D eigenvalue weighted by Gasteiger charge is 2.31. The third-order valence-electron chi connectivity index (χ3n) is 4.08. The van der Waals surface area contributed by atoms with Gasteiger partial charge in [0.1, 0.15) is 5.75 Å². The van der Waals surface area contributed by atoms with Crippen LogP contribution in [0, 0.1) is 11.8 Å². The molecule has 1 aromatic carbocycles. The molecule has 1 aromatic rings. The predicted octanol–water partition coefficient (Wildman–Crippen LogP) is 4.61. The van der Waals surface area contributed by atoms with E-state index in [2.05, 4.69) is 15.9 Å². The summed E-state index contributed by atoms with van der Waals surface area (Å²) in [6.07, 6.45) is 0.203. The first kappa shape index (κ1) is 16.6. The molecule has 0 saturated heterocycles. The Bertz CT molecular complexity index is 478. The molecule has 0 aromatic heterocycles. The Hall–Kier alpha value is -0.750. The molecular weight excluding hydrogens is 347 g/mol. The molecule has 2 atom stereocenters. The van der Waals surface area contributed by atoms with E-state index < -0.39 is 11.7 Å². The van der Waals surface area contributed by atoms with Crippen LogP contribution in [-0.4, -0.2) is 13.2 Å². The van der Waals surface area contributed by atoms with Crippen LogP contribution in [0.1, 0.15) is 31.2 Å². The van der Waals surface area contributed by atoms with Crippen LogP contribution in [-0.2, 0) is 6.18 Å². The first-order valence-corrected chi connectivity index (χ1v) is 7.90. The van der Waals surface area contributed by atoms with E-state index in [1.165, 1.54) is 18.9 Å². The van der Waals surface area contributed by atoms with Crippen molar-refractivity contribution in [3.05, 3.63) is 28.2 Å². The predicted molar refractivity (Wildman–Crippen MR) is 79.1 cm³/mol. The lowest BCUT2D eigenvalue weighted by Gasteiger charge is -2.30. The smallest absolute Gasteiger partial charge is 0.416 e. The fraction of sp³-hybridized carbons (Fsp3) is 0.600. The molecule has 0 heterocycles. The van der Waals surface area contributed by atoms with Gasteiger partial charge in [0.15, 0.2) is 0 Å². The van der Waals surface area contributed by atoms with E-state index in [0.29, 0.717) is 35.2 Å². The summed E-state index contributed by atoms with van der Waals surface area (Å²) >= 11 is 3.15. The van der Waals surface area contributed by atoms with Gasteiger partial charge in [-0.15, -0.1) is 0 Å². The average molecular weight is 366 g/mol. The van der Waals surface area contributed by atoms with Gasteiger partial charge in [0, 0.05) is 0 Å². The number of hydrogen-bond acceptors (Lipinski definition) is 2. The number of ether oxygens (including phenoxy) is 1. The summed E-state index contributed by atoms with van der Waals surface area (Å²) in [5, 5.41) is 0. The maximum Gasteiger partial charge on any atom is 0.416 e. The molecule has 0 amide bonds. The van der Waals surface area contributed by atoms with Gasteiger partial charge in [0.2, 0.25) is 0 Å². The molecule has 21 heavy (non-hydrogen) atoms. The van der Waals surface area contributed by atoms with Crippen LogP contribution in [0.25, 0.3) is 0 Å². The highest BCUT2D eigenvalue weighted by Crippen LogP contribution is 2.36. The van der Waals surface area contributed by atoms with Crippen molar-refractivity contribution in [2.75, 3.05) is 13.2 Å². The second-order valence-corrected chi connectivity index (χ2v) is 6.35. The normalized spacial score (nSPS) is 23.1. The molecule has 6 heteroatoms. The number of nitrogens with two attached hydrogens (primary N) is 1. The first-order chi connectivity index (χ1) is 9.91. The molecule has 2 nitrogen and oxygen atoms in total. The van der Waals surface area contributed by atoms with E-state index in [4.69, 9.17) is 10.5 Å². The Balaban J connectivity index is 2.00. The maximum atomic E-state index is 12.6. The van der Waals surface area contributed by atoms with Crippen molar-refractivity contribution in [3.8, 4) is 5.75 Å². The molecule has 1 aliphatic carbocycles. The Morgan fingerprint density at radius 2 is 1.86 bits per heavy atom. The van der Waals surface area contributed by atoms with Gasteiger partial charge in [-0.2, -0.15) is 13.2 Å². The van der Waals surface area contributed by atoms with Crippen molar-refractivity contribution in [2.24, 2.45) is 17.6 Å². The van der Waals surface area contributed by atoms with Gasteiger partial charge in [0.05, 0.1) is 16.6 Å². The van der Waals surface area contributed by atoms with Crippen molar-refractivity contribution in [1.29, 1.82) is 0 Å². The van der Waals surface area contributed by atoms with Crippen molar-refractivity contribution in [3.63, 3.8) is 0 Å². The largest absolute Gasteiger partial charge is 0.492 e. The van der Waals surface area contributed by atoms with Crippen LogP contribution in [0.5, 0.6) is 5.75 Å².